The lowest BCUT2D eigenvalue weighted by atomic mass is 10.2. The number of aliphatic hydroxyl groups excluding tert-OH is 1. The lowest BCUT2D eigenvalue weighted by molar-refractivity contribution is -0.125. The molecule has 2 heterocycles. The van der Waals surface area contributed by atoms with Gasteiger partial charge in [0, 0.05) is 31.6 Å². The Morgan fingerprint density at radius 3 is 2.68 bits per heavy atom. The first-order chi connectivity index (χ1) is 9.08. The highest BCUT2D eigenvalue weighted by Gasteiger charge is 2.34. The smallest absolute Gasteiger partial charge is 0.246 e. The molecule has 1 N–H and O–H groups in total. The third-order valence-electron chi connectivity index (χ3n) is 3.36. The van der Waals surface area contributed by atoms with Crippen LogP contribution in [0, 0.1) is 0 Å². The molecule has 0 bridgehead atoms. The zero-order chi connectivity index (χ0) is 13.8. The van der Waals surface area contributed by atoms with Crippen LogP contribution in [-0.2, 0) is 4.79 Å². The van der Waals surface area contributed by atoms with E-state index in [2.05, 4.69) is 4.98 Å². The molecule has 1 fully saturated rings. The Morgan fingerprint density at radius 2 is 2.11 bits per heavy atom. The van der Waals surface area contributed by atoms with Crippen LogP contribution in [-0.4, -0.2) is 65.1 Å². The van der Waals surface area contributed by atoms with Crippen LogP contribution in [0.4, 0.5) is 0 Å². The standard InChI is InChI=1S/C14H19N3O2/c1-16(2)12-9-17(10-13(12)18)14(19)4-3-11-5-7-15-8-6-11/h3-8,12-13,18H,9-10H2,1-2H3/b4-3+/t12-,13-/m1/s1. The first-order valence-electron chi connectivity index (χ1n) is 6.29. The molecule has 1 aliphatic rings. The van der Waals surface area contributed by atoms with E-state index in [0.717, 1.165) is 5.56 Å². The predicted molar refractivity (Wildman–Crippen MR) is 73.3 cm³/mol. The number of hydrogen-bond acceptors (Lipinski definition) is 4. The highest BCUT2D eigenvalue weighted by atomic mass is 16.3. The number of likely N-dealkylation sites (N-methyl/N-ethyl adjacent to an activating group) is 1. The number of nitrogens with zero attached hydrogens (tertiary/aromatic N) is 3. The molecule has 0 spiro atoms. The SMILES string of the molecule is CN(C)[C@@H]1CN(C(=O)/C=C/c2ccncc2)C[C@H]1O. The van der Waals surface area contributed by atoms with E-state index >= 15 is 0 Å². The van der Waals surface area contributed by atoms with Crippen molar-refractivity contribution < 1.29 is 9.90 Å². The summed E-state index contributed by atoms with van der Waals surface area (Å²) in [5, 5.41) is 9.90. The molecule has 1 aromatic heterocycles. The number of aliphatic hydroxyl groups is 1. The van der Waals surface area contributed by atoms with Gasteiger partial charge in [-0.15, -0.1) is 0 Å². The second-order valence-corrected chi connectivity index (χ2v) is 4.96. The fourth-order valence-electron chi connectivity index (χ4n) is 2.20. The van der Waals surface area contributed by atoms with E-state index < -0.39 is 6.10 Å². The van der Waals surface area contributed by atoms with Crippen molar-refractivity contribution in [1.29, 1.82) is 0 Å². The van der Waals surface area contributed by atoms with Crippen molar-refractivity contribution in [3.8, 4) is 0 Å². The van der Waals surface area contributed by atoms with Crippen molar-refractivity contribution in [2.45, 2.75) is 12.1 Å². The van der Waals surface area contributed by atoms with Crippen LogP contribution in [0.15, 0.2) is 30.6 Å². The number of β-amino-alcohol motifs (C(OH)–C–C–N with tert-alkyl or cyclic N) is 1. The van der Waals surface area contributed by atoms with Crippen LogP contribution >= 0.6 is 0 Å². The molecule has 0 aliphatic carbocycles. The first-order valence-corrected chi connectivity index (χ1v) is 6.29. The average Bonchev–Trinajstić information content (AvgIpc) is 2.79. The van der Waals surface area contributed by atoms with Gasteiger partial charge in [0.25, 0.3) is 0 Å². The van der Waals surface area contributed by atoms with Crippen molar-refractivity contribution in [2.75, 3.05) is 27.2 Å². The van der Waals surface area contributed by atoms with Crippen molar-refractivity contribution in [3.05, 3.63) is 36.2 Å². The third-order valence-corrected chi connectivity index (χ3v) is 3.36. The predicted octanol–water partition coefficient (Wildman–Crippen LogP) is 0.228. The van der Waals surface area contributed by atoms with Crippen LogP contribution in [0.2, 0.25) is 0 Å². The van der Waals surface area contributed by atoms with E-state index in [1.165, 1.54) is 0 Å². The average molecular weight is 261 g/mol. The molecule has 2 atom stereocenters. The molecule has 1 amide bonds. The second kappa shape index (κ2) is 5.95. The topological polar surface area (TPSA) is 56.7 Å². The monoisotopic (exact) mass is 261 g/mol. The maximum atomic E-state index is 12.0. The Labute approximate surface area is 113 Å². The number of amides is 1. The van der Waals surface area contributed by atoms with E-state index in [-0.39, 0.29) is 11.9 Å². The van der Waals surface area contributed by atoms with E-state index in [9.17, 15) is 9.90 Å². The van der Waals surface area contributed by atoms with Gasteiger partial charge in [-0.3, -0.25) is 9.78 Å². The molecule has 1 saturated heterocycles. The lowest BCUT2D eigenvalue weighted by Crippen LogP contribution is -2.38. The molecule has 5 nitrogen and oxygen atoms in total. The van der Waals surface area contributed by atoms with Gasteiger partial charge in [0.2, 0.25) is 5.91 Å². The van der Waals surface area contributed by atoms with Crippen LogP contribution in [0.25, 0.3) is 6.08 Å². The van der Waals surface area contributed by atoms with Crippen molar-refractivity contribution in [3.63, 3.8) is 0 Å². The molecule has 0 aromatic carbocycles. The highest BCUT2D eigenvalue weighted by molar-refractivity contribution is 5.92. The van der Waals surface area contributed by atoms with Crippen LogP contribution < -0.4 is 0 Å². The van der Waals surface area contributed by atoms with E-state index in [0.29, 0.717) is 13.1 Å². The highest BCUT2D eigenvalue weighted by Crippen LogP contribution is 2.14. The van der Waals surface area contributed by atoms with E-state index in [4.69, 9.17) is 0 Å². The van der Waals surface area contributed by atoms with Crippen LogP contribution in [0.5, 0.6) is 0 Å². The van der Waals surface area contributed by atoms with Gasteiger partial charge in [0.05, 0.1) is 12.1 Å². The van der Waals surface area contributed by atoms with Gasteiger partial charge in [-0.2, -0.15) is 0 Å². The maximum absolute atomic E-state index is 12.0. The van der Waals surface area contributed by atoms with Gasteiger partial charge in [-0.05, 0) is 37.9 Å². The Balaban J connectivity index is 1.97. The molecule has 102 valence electrons. The maximum Gasteiger partial charge on any atom is 0.246 e. The van der Waals surface area contributed by atoms with Crippen LogP contribution in [0.1, 0.15) is 5.56 Å². The van der Waals surface area contributed by atoms with Gasteiger partial charge >= 0.3 is 0 Å². The molecule has 2 rings (SSSR count). The van der Waals surface area contributed by atoms with Crippen molar-refractivity contribution in [1.82, 2.24) is 14.8 Å². The Morgan fingerprint density at radius 1 is 1.42 bits per heavy atom. The van der Waals surface area contributed by atoms with Gasteiger partial charge < -0.3 is 14.9 Å². The zero-order valence-corrected chi connectivity index (χ0v) is 11.2. The number of likely N-dealkylation sites (tertiary alicyclic amines) is 1. The summed E-state index contributed by atoms with van der Waals surface area (Å²) in [5.41, 5.74) is 0.937. The summed E-state index contributed by atoms with van der Waals surface area (Å²) >= 11 is 0. The molecule has 0 unspecified atom stereocenters. The summed E-state index contributed by atoms with van der Waals surface area (Å²) in [6.45, 7) is 0.954. The largest absolute Gasteiger partial charge is 0.390 e. The summed E-state index contributed by atoms with van der Waals surface area (Å²) < 4.78 is 0. The fraction of sp³-hybridized carbons (Fsp3) is 0.429. The summed E-state index contributed by atoms with van der Waals surface area (Å²) in [6.07, 6.45) is 6.20. The Kier molecular flexibility index (Phi) is 4.29. The molecular weight excluding hydrogens is 242 g/mol. The minimum atomic E-state index is -0.478. The minimum Gasteiger partial charge on any atom is -0.390 e. The summed E-state index contributed by atoms with van der Waals surface area (Å²) in [7, 11) is 3.82. The Bertz CT molecular complexity index is 459. The quantitative estimate of drug-likeness (QED) is 0.791. The summed E-state index contributed by atoms with van der Waals surface area (Å²) in [4.78, 5) is 19.6. The summed E-state index contributed by atoms with van der Waals surface area (Å²) in [6, 6.07) is 3.69. The lowest BCUT2D eigenvalue weighted by Gasteiger charge is -2.21. The van der Waals surface area contributed by atoms with Gasteiger partial charge in [-0.1, -0.05) is 0 Å². The minimum absolute atomic E-state index is 0.0123. The van der Waals surface area contributed by atoms with Crippen molar-refractivity contribution in [2.24, 2.45) is 0 Å². The molecular formula is C14H19N3O2. The van der Waals surface area contributed by atoms with E-state index in [1.807, 2.05) is 31.1 Å². The molecule has 0 saturated carbocycles. The number of hydrogen-bond donors (Lipinski definition) is 1. The van der Waals surface area contributed by atoms with Gasteiger partial charge in [0.1, 0.15) is 0 Å². The number of pyridine rings is 1. The van der Waals surface area contributed by atoms with Gasteiger partial charge in [0.15, 0.2) is 0 Å². The summed E-state index contributed by atoms with van der Waals surface area (Å²) in [5.74, 6) is -0.0692. The number of aromatic nitrogens is 1. The van der Waals surface area contributed by atoms with Crippen LogP contribution in [0.3, 0.4) is 0 Å². The first kappa shape index (κ1) is 13.7. The van der Waals surface area contributed by atoms with Crippen molar-refractivity contribution >= 4 is 12.0 Å². The molecule has 1 aliphatic heterocycles. The second-order valence-electron chi connectivity index (χ2n) is 4.96. The fourth-order valence-corrected chi connectivity index (χ4v) is 2.20. The zero-order valence-electron chi connectivity index (χ0n) is 11.2. The number of rotatable bonds is 3. The van der Waals surface area contributed by atoms with E-state index in [1.54, 1.807) is 29.4 Å². The molecule has 19 heavy (non-hydrogen) atoms. The third kappa shape index (κ3) is 3.39. The molecule has 5 heteroatoms. The normalized spacial score (nSPS) is 23.5. The number of carbonyl (C=O) groups excluding carboxylic acids is 1. The molecule has 1 aromatic rings. The Hall–Kier alpha value is -1.72. The molecule has 0 radical (unpaired) electrons. The number of carbonyl (C=O) groups is 1. The van der Waals surface area contributed by atoms with Gasteiger partial charge in [-0.25, -0.2) is 0 Å².